The zero-order valence-electron chi connectivity index (χ0n) is 10.2. The number of rotatable bonds is 5. The van der Waals surface area contributed by atoms with Crippen LogP contribution in [0.25, 0.3) is 0 Å². The van der Waals surface area contributed by atoms with Crippen molar-refractivity contribution in [1.82, 2.24) is 15.5 Å². The number of nitrogens with one attached hydrogen (secondary N) is 2. The Labute approximate surface area is 98.0 Å². The highest BCUT2D eigenvalue weighted by atomic mass is 15.1. The molecule has 1 aromatic rings. The summed E-state index contributed by atoms with van der Waals surface area (Å²) in [5.74, 6) is 0.890. The van der Waals surface area contributed by atoms with Gasteiger partial charge in [0, 0.05) is 24.5 Å². The molecule has 3 heteroatoms. The van der Waals surface area contributed by atoms with Crippen molar-refractivity contribution in [2.24, 2.45) is 5.92 Å². The minimum Gasteiger partial charge on any atom is -0.308 e. The maximum atomic E-state index is 3.98. The molecule has 0 saturated heterocycles. The van der Waals surface area contributed by atoms with Crippen molar-refractivity contribution in [2.45, 2.75) is 58.0 Å². The summed E-state index contributed by atoms with van der Waals surface area (Å²) in [6.07, 6.45) is 10.1. The van der Waals surface area contributed by atoms with Crippen LogP contribution in [-0.2, 0) is 6.54 Å². The van der Waals surface area contributed by atoms with Crippen molar-refractivity contribution in [1.29, 1.82) is 0 Å². The van der Waals surface area contributed by atoms with Crippen LogP contribution >= 0.6 is 0 Å². The SMILES string of the molecule is CCCC1CCCCC1NCc1ccn[nH]1. The van der Waals surface area contributed by atoms with Gasteiger partial charge in [-0.05, 0) is 31.2 Å². The summed E-state index contributed by atoms with van der Waals surface area (Å²) in [7, 11) is 0. The van der Waals surface area contributed by atoms with Crippen LogP contribution in [0, 0.1) is 5.92 Å². The van der Waals surface area contributed by atoms with E-state index in [1.165, 1.54) is 44.2 Å². The molecule has 2 N–H and O–H groups in total. The summed E-state index contributed by atoms with van der Waals surface area (Å²) in [4.78, 5) is 0. The fourth-order valence-electron chi connectivity index (χ4n) is 2.82. The van der Waals surface area contributed by atoms with Gasteiger partial charge in [-0.25, -0.2) is 0 Å². The van der Waals surface area contributed by atoms with E-state index in [4.69, 9.17) is 0 Å². The Bertz CT molecular complexity index is 279. The van der Waals surface area contributed by atoms with Crippen LogP contribution in [-0.4, -0.2) is 16.2 Å². The van der Waals surface area contributed by atoms with Crippen molar-refractivity contribution < 1.29 is 0 Å². The average molecular weight is 221 g/mol. The topological polar surface area (TPSA) is 40.7 Å². The zero-order chi connectivity index (χ0) is 11.2. The Balaban J connectivity index is 1.81. The second-order valence-electron chi connectivity index (χ2n) is 4.90. The van der Waals surface area contributed by atoms with Gasteiger partial charge in [0.25, 0.3) is 0 Å². The summed E-state index contributed by atoms with van der Waals surface area (Å²) in [6, 6.07) is 2.77. The van der Waals surface area contributed by atoms with Gasteiger partial charge in [-0.2, -0.15) is 5.10 Å². The molecule has 1 fully saturated rings. The molecule has 0 aromatic carbocycles. The fourth-order valence-corrected chi connectivity index (χ4v) is 2.82. The van der Waals surface area contributed by atoms with Crippen molar-refractivity contribution in [3.63, 3.8) is 0 Å². The first-order chi connectivity index (χ1) is 7.90. The monoisotopic (exact) mass is 221 g/mol. The molecule has 3 nitrogen and oxygen atoms in total. The molecule has 0 bridgehead atoms. The van der Waals surface area contributed by atoms with Gasteiger partial charge >= 0.3 is 0 Å². The molecule has 0 radical (unpaired) electrons. The first-order valence-electron chi connectivity index (χ1n) is 6.61. The van der Waals surface area contributed by atoms with E-state index in [9.17, 15) is 0 Å². The quantitative estimate of drug-likeness (QED) is 0.802. The second-order valence-corrected chi connectivity index (χ2v) is 4.90. The smallest absolute Gasteiger partial charge is 0.0490 e. The van der Waals surface area contributed by atoms with Gasteiger partial charge in [-0.15, -0.1) is 0 Å². The Morgan fingerprint density at radius 2 is 2.31 bits per heavy atom. The highest BCUT2D eigenvalue weighted by molar-refractivity contribution is 4.97. The van der Waals surface area contributed by atoms with E-state index >= 15 is 0 Å². The van der Waals surface area contributed by atoms with E-state index in [2.05, 4.69) is 22.4 Å². The molecule has 2 unspecified atom stereocenters. The standard InChI is InChI=1S/C13H23N3/c1-2-5-11-6-3-4-7-13(11)14-10-12-8-9-15-16-12/h8-9,11,13-14H,2-7,10H2,1H3,(H,15,16). The Morgan fingerprint density at radius 1 is 1.44 bits per heavy atom. The van der Waals surface area contributed by atoms with Crippen molar-refractivity contribution in [2.75, 3.05) is 0 Å². The predicted octanol–water partition coefficient (Wildman–Crippen LogP) is 2.86. The summed E-state index contributed by atoms with van der Waals surface area (Å²) in [6.45, 7) is 3.23. The maximum absolute atomic E-state index is 3.98. The minimum absolute atomic E-state index is 0.719. The molecule has 0 aliphatic heterocycles. The lowest BCUT2D eigenvalue weighted by atomic mass is 9.82. The average Bonchev–Trinajstić information content (AvgIpc) is 2.81. The molecule has 2 rings (SSSR count). The van der Waals surface area contributed by atoms with Gasteiger partial charge in [0.05, 0.1) is 0 Å². The van der Waals surface area contributed by atoms with Crippen molar-refractivity contribution in [3.8, 4) is 0 Å². The van der Waals surface area contributed by atoms with E-state index in [1.807, 2.05) is 12.3 Å². The van der Waals surface area contributed by atoms with Crippen LogP contribution in [0.1, 0.15) is 51.1 Å². The van der Waals surface area contributed by atoms with Crippen LogP contribution in [0.5, 0.6) is 0 Å². The second kappa shape index (κ2) is 6.04. The van der Waals surface area contributed by atoms with Gasteiger partial charge in [-0.3, -0.25) is 5.10 Å². The molecule has 1 aromatic heterocycles. The number of hydrogen-bond donors (Lipinski definition) is 2. The lowest BCUT2D eigenvalue weighted by Crippen LogP contribution is -2.38. The normalized spacial score (nSPS) is 25.8. The summed E-state index contributed by atoms with van der Waals surface area (Å²) < 4.78 is 0. The minimum atomic E-state index is 0.719. The van der Waals surface area contributed by atoms with Gasteiger partial charge in [0.2, 0.25) is 0 Å². The third-order valence-corrected chi connectivity index (χ3v) is 3.68. The molecule has 16 heavy (non-hydrogen) atoms. The zero-order valence-corrected chi connectivity index (χ0v) is 10.2. The molecule has 1 heterocycles. The largest absolute Gasteiger partial charge is 0.308 e. The number of H-pyrrole nitrogens is 1. The highest BCUT2D eigenvalue weighted by Crippen LogP contribution is 2.28. The molecule has 1 aliphatic rings. The van der Waals surface area contributed by atoms with Crippen LogP contribution in [0.3, 0.4) is 0 Å². The van der Waals surface area contributed by atoms with E-state index in [-0.39, 0.29) is 0 Å². The predicted molar refractivity (Wildman–Crippen MR) is 66.1 cm³/mol. The van der Waals surface area contributed by atoms with Gasteiger partial charge in [0.15, 0.2) is 0 Å². The third-order valence-electron chi connectivity index (χ3n) is 3.68. The number of hydrogen-bond acceptors (Lipinski definition) is 2. The van der Waals surface area contributed by atoms with Crippen LogP contribution in [0.15, 0.2) is 12.3 Å². The van der Waals surface area contributed by atoms with Gasteiger partial charge in [-0.1, -0.05) is 26.2 Å². The first-order valence-corrected chi connectivity index (χ1v) is 6.61. The highest BCUT2D eigenvalue weighted by Gasteiger charge is 2.23. The number of aromatic amines is 1. The van der Waals surface area contributed by atoms with Crippen LogP contribution in [0.2, 0.25) is 0 Å². The fraction of sp³-hybridized carbons (Fsp3) is 0.769. The van der Waals surface area contributed by atoms with E-state index in [1.54, 1.807) is 0 Å². The van der Waals surface area contributed by atoms with E-state index in [0.29, 0.717) is 0 Å². The summed E-state index contributed by atoms with van der Waals surface area (Å²) >= 11 is 0. The van der Waals surface area contributed by atoms with Gasteiger partial charge < -0.3 is 5.32 Å². The Kier molecular flexibility index (Phi) is 4.40. The molecule has 0 amide bonds. The Morgan fingerprint density at radius 3 is 3.06 bits per heavy atom. The maximum Gasteiger partial charge on any atom is 0.0490 e. The number of nitrogens with zero attached hydrogens (tertiary/aromatic N) is 1. The third kappa shape index (κ3) is 3.08. The molecule has 1 aliphatic carbocycles. The van der Waals surface area contributed by atoms with Crippen LogP contribution in [0.4, 0.5) is 0 Å². The van der Waals surface area contributed by atoms with Crippen LogP contribution < -0.4 is 5.32 Å². The van der Waals surface area contributed by atoms with Gasteiger partial charge in [0.1, 0.15) is 0 Å². The molecule has 90 valence electrons. The summed E-state index contributed by atoms with van der Waals surface area (Å²) in [5, 5.41) is 10.7. The van der Waals surface area contributed by atoms with E-state index in [0.717, 1.165) is 18.5 Å². The molecule has 0 spiro atoms. The van der Waals surface area contributed by atoms with Crippen molar-refractivity contribution in [3.05, 3.63) is 18.0 Å². The van der Waals surface area contributed by atoms with E-state index < -0.39 is 0 Å². The number of aromatic nitrogens is 2. The lowest BCUT2D eigenvalue weighted by molar-refractivity contribution is 0.245. The van der Waals surface area contributed by atoms with Crippen molar-refractivity contribution >= 4 is 0 Å². The Hall–Kier alpha value is -0.830. The molecular formula is C13H23N3. The molecule has 1 saturated carbocycles. The summed E-state index contributed by atoms with van der Waals surface area (Å²) in [5.41, 5.74) is 1.20. The lowest BCUT2D eigenvalue weighted by Gasteiger charge is -2.32. The first kappa shape index (κ1) is 11.6. The molecule has 2 atom stereocenters. The molecular weight excluding hydrogens is 198 g/mol.